The van der Waals surface area contributed by atoms with Gasteiger partial charge in [-0.3, -0.25) is 0 Å². The van der Waals surface area contributed by atoms with E-state index in [1.165, 1.54) is 0 Å². The van der Waals surface area contributed by atoms with Gasteiger partial charge in [-0.15, -0.1) is 0 Å². The summed E-state index contributed by atoms with van der Waals surface area (Å²) >= 11 is 0. The van der Waals surface area contributed by atoms with Crippen LogP contribution in [0, 0.1) is 0 Å². The van der Waals surface area contributed by atoms with Crippen LogP contribution in [0.2, 0.25) is 0 Å². The van der Waals surface area contributed by atoms with Crippen molar-refractivity contribution in [3.05, 3.63) is 0 Å². The molecular formula is H6CaO8P2. The zero-order valence-corrected chi connectivity index (χ0v) is 9.10. The molecule has 0 fully saturated rings. The van der Waals surface area contributed by atoms with Gasteiger partial charge in [-0.1, -0.05) is 0 Å². The molecule has 0 aromatic heterocycles. The van der Waals surface area contributed by atoms with Crippen molar-refractivity contribution >= 4 is 53.4 Å². The summed E-state index contributed by atoms with van der Waals surface area (Å²) in [7, 11) is -9.28. The van der Waals surface area contributed by atoms with E-state index in [4.69, 9.17) is 38.5 Å². The summed E-state index contributed by atoms with van der Waals surface area (Å²) in [6, 6.07) is 0. The van der Waals surface area contributed by atoms with Crippen LogP contribution < -0.4 is 0 Å². The van der Waals surface area contributed by atoms with E-state index in [9.17, 15) is 0 Å². The average Bonchev–Trinajstić information content (AvgIpc) is 1.12. The van der Waals surface area contributed by atoms with Gasteiger partial charge in [0.05, 0.1) is 0 Å². The van der Waals surface area contributed by atoms with E-state index >= 15 is 0 Å². The summed E-state index contributed by atoms with van der Waals surface area (Å²) in [5.74, 6) is 0. The van der Waals surface area contributed by atoms with Crippen LogP contribution in [-0.2, 0) is 9.13 Å². The molecule has 11 heteroatoms. The van der Waals surface area contributed by atoms with Crippen LogP contribution in [0.25, 0.3) is 0 Å². The Balaban J connectivity index is -0.000000107. The summed E-state index contributed by atoms with van der Waals surface area (Å²) in [4.78, 5) is 43.1. The smallest absolute Gasteiger partial charge is 0.303 e. The van der Waals surface area contributed by atoms with Crippen molar-refractivity contribution in [2.24, 2.45) is 0 Å². The van der Waals surface area contributed by atoms with Crippen LogP contribution in [0.4, 0.5) is 0 Å². The minimum atomic E-state index is -4.64. The maximum atomic E-state index is 8.88. The minimum Gasteiger partial charge on any atom is -0.303 e. The predicted molar refractivity (Wildman–Crippen MR) is 34.3 cm³/mol. The first-order valence-corrected chi connectivity index (χ1v) is 4.70. The molecule has 0 saturated carbocycles. The molecule has 0 rings (SSSR count). The second-order valence-electron chi connectivity index (χ2n) is 1.03. The van der Waals surface area contributed by atoms with Gasteiger partial charge in [-0.2, -0.15) is 0 Å². The monoisotopic (exact) mass is 236 g/mol. The Morgan fingerprint density at radius 1 is 0.636 bits per heavy atom. The fourth-order valence-electron chi connectivity index (χ4n) is 0. The zero-order valence-electron chi connectivity index (χ0n) is 5.10. The molecule has 0 spiro atoms. The average molecular weight is 236 g/mol. The van der Waals surface area contributed by atoms with E-state index in [1.54, 1.807) is 0 Å². The summed E-state index contributed by atoms with van der Waals surface area (Å²) < 4.78 is 17.8. The van der Waals surface area contributed by atoms with Crippen LogP contribution in [0.3, 0.4) is 0 Å². The standard InChI is InChI=1S/Ca.2H3O4P/c;2*1-5(2,3)4/h;2*(H3,1,2,3,4). The molecule has 11 heavy (non-hydrogen) atoms. The number of hydrogen-bond donors (Lipinski definition) is 6. The van der Waals surface area contributed by atoms with E-state index in [2.05, 4.69) is 0 Å². The topological polar surface area (TPSA) is 156 Å². The Morgan fingerprint density at radius 3 is 0.636 bits per heavy atom. The SMILES string of the molecule is O=P(O)(O)O.O=P(O)(O)O.[Ca]. The molecule has 0 bridgehead atoms. The van der Waals surface area contributed by atoms with Crippen molar-refractivity contribution in [2.45, 2.75) is 0 Å². The number of rotatable bonds is 0. The molecule has 0 aliphatic rings. The normalized spacial score (nSPS) is 10.7. The predicted octanol–water partition coefficient (Wildman–Crippen LogP) is -2.24. The van der Waals surface area contributed by atoms with Crippen molar-refractivity contribution in [2.75, 3.05) is 0 Å². The van der Waals surface area contributed by atoms with Gasteiger partial charge in [-0.05, 0) is 0 Å². The first kappa shape index (κ1) is 18.3. The molecule has 6 N–H and O–H groups in total. The minimum absolute atomic E-state index is 0. The quantitative estimate of drug-likeness (QED) is 0.204. The van der Waals surface area contributed by atoms with E-state index in [0.29, 0.717) is 0 Å². The second-order valence-corrected chi connectivity index (χ2v) is 3.08. The van der Waals surface area contributed by atoms with Crippen molar-refractivity contribution in [3.8, 4) is 0 Å². The molecule has 0 saturated heterocycles. The van der Waals surface area contributed by atoms with E-state index < -0.39 is 15.6 Å². The molecule has 0 atom stereocenters. The molecule has 0 aliphatic heterocycles. The molecule has 0 aromatic rings. The van der Waals surface area contributed by atoms with Crippen molar-refractivity contribution in [1.82, 2.24) is 0 Å². The van der Waals surface area contributed by atoms with Gasteiger partial charge in [0.2, 0.25) is 0 Å². The largest absolute Gasteiger partial charge is 0.466 e. The van der Waals surface area contributed by atoms with Gasteiger partial charge < -0.3 is 29.4 Å². The molecule has 0 amide bonds. The molecule has 0 heterocycles. The summed E-state index contributed by atoms with van der Waals surface area (Å²) in [5.41, 5.74) is 0. The van der Waals surface area contributed by atoms with Crippen LogP contribution in [0.1, 0.15) is 0 Å². The Morgan fingerprint density at radius 2 is 0.636 bits per heavy atom. The summed E-state index contributed by atoms with van der Waals surface area (Å²) in [6.07, 6.45) is 0. The molecule has 2 radical (unpaired) electrons. The van der Waals surface area contributed by atoms with Crippen LogP contribution in [-0.4, -0.2) is 67.1 Å². The third kappa shape index (κ3) is 471. The van der Waals surface area contributed by atoms with Gasteiger partial charge in [0, 0.05) is 37.7 Å². The number of hydrogen-bond acceptors (Lipinski definition) is 2. The zero-order chi connectivity index (χ0) is 9.00. The Hall–Kier alpha value is 1.48. The third-order valence-electron chi connectivity index (χ3n) is 0. The maximum absolute atomic E-state index is 8.88. The van der Waals surface area contributed by atoms with Crippen LogP contribution in [0.5, 0.6) is 0 Å². The first-order valence-electron chi connectivity index (χ1n) is 1.57. The number of phosphoric acid groups is 2. The van der Waals surface area contributed by atoms with E-state index in [0.717, 1.165) is 0 Å². The third-order valence-corrected chi connectivity index (χ3v) is 0. The van der Waals surface area contributed by atoms with E-state index in [-0.39, 0.29) is 37.7 Å². The van der Waals surface area contributed by atoms with Gasteiger partial charge in [0.15, 0.2) is 0 Å². The van der Waals surface area contributed by atoms with Crippen molar-refractivity contribution in [3.63, 3.8) is 0 Å². The first-order chi connectivity index (χ1) is 4.00. The molecular weight excluding hydrogens is 230 g/mol. The van der Waals surface area contributed by atoms with E-state index in [1.807, 2.05) is 0 Å². The second kappa shape index (κ2) is 6.94. The molecule has 0 aliphatic carbocycles. The van der Waals surface area contributed by atoms with Crippen molar-refractivity contribution in [1.29, 1.82) is 0 Å². The van der Waals surface area contributed by atoms with Gasteiger partial charge in [0.25, 0.3) is 0 Å². The van der Waals surface area contributed by atoms with Crippen LogP contribution in [0.15, 0.2) is 0 Å². The summed E-state index contributed by atoms with van der Waals surface area (Å²) in [6.45, 7) is 0. The fraction of sp³-hybridized carbons (Fsp3) is 0. The Kier molecular flexibility index (Phi) is 11.5. The fourth-order valence-corrected chi connectivity index (χ4v) is 0. The molecule has 0 unspecified atom stereocenters. The molecule has 8 nitrogen and oxygen atoms in total. The Bertz CT molecular complexity index is 124. The van der Waals surface area contributed by atoms with Gasteiger partial charge in [0.1, 0.15) is 0 Å². The van der Waals surface area contributed by atoms with Gasteiger partial charge in [-0.25, -0.2) is 9.13 Å². The van der Waals surface area contributed by atoms with Crippen molar-refractivity contribution < 1.29 is 38.5 Å². The molecule has 66 valence electrons. The Labute approximate surface area is 91.4 Å². The van der Waals surface area contributed by atoms with Crippen LogP contribution >= 0.6 is 15.6 Å². The summed E-state index contributed by atoms with van der Waals surface area (Å²) in [5, 5.41) is 0. The van der Waals surface area contributed by atoms with Gasteiger partial charge >= 0.3 is 15.6 Å². The maximum Gasteiger partial charge on any atom is 0.466 e. The molecule has 0 aromatic carbocycles.